The number of rotatable bonds is 0. The van der Waals surface area contributed by atoms with E-state index in [-0.39, 0.29) is 0 Å². The van der Waals surface area contributed by atoms with E-state index in [0.29, 0.717) is 6.17 Å². The summed E-state index contributed by atoms with van der Waals surface area (Å²) in [5.41, 5.74) is 3.27. The minimum atomic E-state index is 0.523. The van der Waals surface area contributed by atoms with E-state index in [4.69, 9.17) is 0 Å². The molecule has 2 aliphatic heterocycles. The lowest BCUT2D eigenvalue weighted by atomic mass is 9.88. The van der Waals surface area contributed by atoms with Gasteiger partial charge in [-0.2, -0.15) is 4.83 Å². The van der Waals surface area contributed by atoms with Crippen LogP contribution in [0.2, 0.25) is 0 Å². The molecule has 3 N–H and O–H groups in total. The van der Waals surface area contributed by atoms with Gasteiger partial charge in [0.2, 0.25) is 0 Å². The Bertz CT molecular complexity index is 167. The monoisotopic (exact) mass is 185 g/mol. The smallest absolute Gasteiger partial charge is 0.0849 e. The summed E-state index contributed by atoms with van der Waals surface area (Å²) < 4.78 is 0. The highest BCUT2D eigenvalue weighted by Gasteiger charge is 2.44. The summed E-state index contributed by atoms with van der Waals surface area (Å²) in [5, 5.41) is 4.33. The van der Waals surface area contributed by atoms with Crippen molar-refractivity contribution in [3.63, 3.8) is 0 Å². The molecule has 2 saturated heterocycles. The second-order valence-corrected chi connectivity index (χ2v) is 5.05. The summed E-state index contributed by atoms with van der Waals surface area (Å²) in [5.74, 6) is 1.92. The van der Waals surface area contributed by atoms with Crippen molar-refractivity contribution in [3.8, 4) is 0 Å². The van der Waals surface area contributed by atoms with E-state index in [0.717, 1.165) is 17.1 Å². The number of hydrogen-bond donors (Lipinski definition) is 3. The highest BCUT2D eigenvalue weighted by molar-refractivity contribution is 7.98. The molecule has 2 heterocycles. The Morgan fingerprint density at radius 1 is 1.25 bits per heavy atom. The van der Waals surface area contributed by atoms with Crippen LogP contribution in [0.3, 0.4) is 0 Å². The van der Waals surface area contributed by atoms with Crippen LogP contribution in [-0.4, -0.2) is 18.0 Å². The maximum Gasteiger partial charge on any atom is 0.0849 e. The Kier molecular flexibility index (Phi) is 1.82. The van der Waals surface area contributed by atoms with Crippen molar-refractivity contribution in [2.24, 2.45) is 11.8 Å². The van der Waals surface area contributed by atoms with Crippen molar-refractivity contribution >= 4 is 11.9 Å². The van der Waals surface area contributed by atoms with Gasteiger partial charge in [-0.15, -0.1) is 0 Å². The summed E-state index contributed by atoms with van der Waals surface area (Å²) in [6, 6.07) is 0. The first-order valence-electron chi connectivity index (χ1n) is 4.85. The molecule has 0 aromatic rings. The largest absolute Gasteiger partial charge is 0.300 e. The van der Waals surface area contributed by atoms with Crippen LogP contribution in [0.15, 0.2) is 0 Å². The molecule has 68 valence electrons. The molecule has 12 heavy (non-hydrogen) atoms. The highest BCUT2D eigenvalue weighted by atomic mass is 32.2. The molecular weight excluding hydrogens is 170 g/mol. The number of piperidine rings is 1. The zero-order valence-corrected chi connectivity index (χ0v) is 7.86. The fraction of sp³-hybridized carbons (Fsp3) is 1.00. The van der Waals surface area contributed by atoms with Gasteiger partial charge >= 0.3 is 0 Å². The Hall–Kier alpha value is 0.230. The molecule has 4 heteroatoms. The number of hydrogen-bond acceptors (Lipinski definition) is 4. The lowest BCUT2D eigenvalue weighted by Gasteiger charge is -2.34. The van der Waals surface area contributed by atoms with Gasteiger partial charge in [-0.3, -0.25) is 5.32 Å². The molecule has 0 bridgehead atoms. The van der Waals surface area contributed by atoms with Crippen LogP contribution in [0.25, 0.3) is 0 Å². The van der Waals surface area contributed by atoms with Crippen LogP contribution < -0.4 is 15.6 Å². The SMILES string of the molecule is C1CC2CNC3NNSC3C2C1. The first kappa shape index (κ1) is 7.62. The van der Waals surface area contributed by atoms with E-state index in [1.165, 1.54) is 25.8 Å². The summed E-state index contributed by atoms with van der Waals surface area (Å²) in [4.78, 5) is 3.18. The van der Waals surface area contributed by atoms with E-state index < -0.39 is 0 Å². The van der Waals surface area contributed by atoms with Crippen LogP contribution in [-0.2, 0) is 0 Å². The van der Waals surface area contributed by atoms with E-state index in [9.17, 15) is 0 Å². The summed E-state index contributed by atoms with van der Waals surface area (Å²) >= 11 is 1.88. The van der Waals surface area contributed by atoms with Crippen molar-refractivity contribution in [1.82, 2.24) is 15.6 Å². The zero-order valence-electron chi connectivity index (χ0n) is 7.05. The number of fused-ring (bicyclic) bond motifs is 3. The zero-order chi connectivity index (χ0) is 7.97. The van der Waals surface area contributed by atoms with Crippen molar-refractivity contribution in [3.05, 3.63) is 0 Å². The fourth-order valence-corrected chi connectivity index (χ4v) is 4.01. The Labute approximate surface area is 77.2 Å². The third-order valence-electron chi connectivity index (χ3n) is 3.48. The van der Waals surface area contributed by atoms with Gasteiger partial charge in [0, 0.05) is 0 Å². The lowest BCUT2D eigenvalue weighted by molar-refractivity contribution is 0.236. The Balaban J connectivity index is 1.81. The van der Waals surface area contributed by atoms with Gasteiger partial charge in [0.1, 0.15) is 0 Å². The van der Waals surface area contributed by atoms with Gasteiger partial charge in [0.05, 0.1) is 11.4 Å². The van der Waals surface area contributed by atoms with Crippen molar-refractivity contribution in [1.29, 1.82) is 0 Å². The van der Waals surface area contributed by atoms with Gasteiger partial charge in [-0.05, 0) is 31.2 Å². The van der Waals surface area contributed by atoms with Gasteiger partial charge in [0.15, 0.2) is 0 Å². The molecule has 0 aromatic carbocycles. The lowest BCUT2D eigenvalue weighted by Crippen LogP contribution is -2.54. The highest BCUT2D eigenvalue weighted by Crippen LogP contribution is 2.42. The molecule has 0 aromatic heterocycles. The molecule has 0 radical (unpaired) electrons. The average molecular weight is 185 g/mol. The van der Waals surface area contributed by atoms with Crippen LogP contribution >= 0.6 is 11.9 Å². The molecule has 3 rings (SSSR count). The molecule has 1 saturated carbocycles. The Morgan fingerprint density at radius 3 is 3.25 bits per heavy atom. The van der Waals surface area contributed by atoms with E-state index >= 15 is 0 Å². The maximum absolute atomic E-state index is 3.56. The first-order valence-corrected chi connectivity index (χ1v) is 5.73. The summed E-state index contributed by atoms with van der Waals surface area (Å²) in [6.45, 7) is 1.22. The minimum Gasteiger partial charge on any atom is -0.300 e. The van der Waals surface area contributed by atoms with Crippen molar-refractivity contribution < 1.29 is 0 Å². The molecule has 3 nitrogen and oxygen atoms in total. The quantitative estimate of drug-likeness (QED) is 0.479. The first-order chi connectivity index (χ1) is 5.95. The van der Waals surface area contributed by atoms with E-state index in [1.54, 1.807) is 0 Å². The van der Waals surface area contributed by atoms with Crippen LogP contribution in [0.4, 0.5) is 0 Å². The van der Waals surface area contributed by atoms with Gasteiger partial charge in [0.25, 0.3) is 0 Å². The Morgan fingerprint density at radius 2 is 2.25 bits per heavy atom. The molecule has 3 fully saturated rings. The summed E-state index contributed by atoms with van der Waals surface area (Å²) in [7, 11) is 0. The molecule has 1 aliphatic carbocycles. The normalized spacial score (nSPS) is 52.0. The van der Waals surface area contributed by atoms with Gasteiger partial charge in [-0.1, -0.05) is 18.4 Å². The number of nitrogens with one attached hydrogen (secondary N) is 3. The van der Waals surface area contributed by atoms with Crippen LogP contribution in [0, 0.1) is 11.8 Å². The standard InChI is InChI=1S/C8H15N3S/c1-2-5-4-9-8-7(6(5)3-1)12-11-10-8/h5-11H,1-4H2. The van der Waals surface area contributed by atoms with Crippen molar-refractivity contribution in [2.45, 2.75) is 30.7 Å². The third kappa shape index (κ3) is 1.02. The summed E-state index contributed by atoms with van der Waals surface area (Å²) in [6.07, 6.45) is 4.86. The fourth-order valence-electron chi connectivity index (χ4n) is 2.85. The number of hydrazine groups is 1. The molecule has 4 atom stereocenters. The minimum absolute atomic E-state index is 0.523. The average Bonchev–Trinajstić information content (AvgIpc) is 2.71. The van der Waals surface area contributed by atoms with Crippen molar-refractivity contribution in [2.75, 3.05) is 6.54 Å². The molecule has 3 aliphatic rings. The molecule has 0 amide bonds. The topological polar surface area (TPSA) is 36.1 Å². The predicted octanol–water partition coefficient (Wildman–Crippen LogP) is 0.457. The third-order valence-corrected chi connectivity index (χ3v) is 4.61. The van der Waals surface area contributed by atoms with Gasteiger partial charge < -0.3 is 0 Å². The van der Waals surface area contributed by atoms with E-state index in [2.05, 4.69) is 15.6 Å². The van der Waals surface area contributed by atoms with Crippen LogP contribution in [0.1, 0.15) is 19.3 Å². The van der Waals surface area contributed by atoms with Crippen LogP contribution in [0.5, 0.6) is 0 Å². The maximum atomic E-state index is 3.56. The molecular formula is C8H15N3S. The molecule has 0 spiro atoms. The second-order valence-electron chi connectivity index (χ2n) is 4.07. The predicted molar refractivity (Wildman–Crippen MR) is 50.3 cm³/mol. The van der Waals surface area contributed by atoms with Gasteiger partial charge in [-0.25, -0.2) is 5.43 Å². The van der Waals surface area contributed by atoms with E-state index in [1.807, 2.05) is 11.9 Å². The second kappa shape index (κ2) is 2.87. The molecule has 4 unspecified atom stereocenters.